The molecule has 5 atom stereocenters. The van der Waals surface area contributed by atoms with Crippen LogP contribution in [0.2, 0.25) is 0 Å². The largest absolute Gasteiger partial charge is 0.493 e. The summed E-state index contributed by atoms with van der Waals surface area (Å²) in [7, 11) is 5.46. The van der Waals surface area contributed by atoms with Gasteiger partial charge in [-0.3, -0.25) is 9.80 Å². The van der Waals surface area contributed by atoms with Crippen LogP contribution in [0.4, 0.5) is 0 Å². The average molecular weight is 550 g/mol. The fourth-order valence-corrected chi connectivity index (χ4v) is 7.81. The number of aryl methyl sites for hydroxylation is 1. The molecule has 2 aromatic rings. The van der Waals surface area contributed by atoms with Crippen LogP contribution in [0.3, 0.4) is 0 Å². The second-order valence-electron chi connectivity index (χ2n) is 11.1. The Bertz CT molecular complexity index is 1370. The molecule has 0 spiro atoms. The van der Waals surface area contributed by atoms with Crippen LogP contribution in [-0.2, 0) is 17.6 Å². The van der Waals surface area contributed by atoms with Crippen molar-refractivity contribution in [3.05, 3.63) is 39.4 Å². The summed E-state index contributed by atoms with van der Waals surface area (Å²) < 4.78 is 35.9. The summed E-state index contributed by atoms with van der Waals surface area (Å²) >= 11 is 0. The topological polar surface area (TPSA) is 85.7 Å². The summed E-state index contributed by atoms with van der Waals surface area (Å²) in [5, 5.41) is 10.7. The molecule has 4 aliphatic rings. The normalized spacial score (nSPS) is 26.4. The van der Waals surface area contributed by atoms with Crippen molar-refractivity contribution in [3.63, 3.8) is 0 Å². The predicted molar refractivity (Wildman–Crippen MR) is 148 cm³/mol. The SMILES string of the molecule is CCOc1c(C)c2c(c3c1C[C@H]1[C@H]4c5c(cc(C)c(OC)c5OCOC)C[C@@H]([C@H](C#N)N1[C@H]3CC)N4C)OCO2. The Morgan fingerprint density at radius 1 is 1.00 bits per heavy atom. The van der Waals surface area contributed by atoms with Gasteiger partial charge in [-0.2, -0.15) is 5.26 Å². The molecule has 6 rings (SSSR count). The Morgan fingerprint density at radius 3 is 2.45 bits per heavy atom. The van der Waals surface area contributed by atoms with Crippen LogP contribution in [0.5, 0.6) is 28.7 Å². The first kappa shape index (κ1) is 27.0. The van der Waals surface area contributed by atoms with Gasteiger partial charge < -0.3 is 28.4 Å². The number of methoxy groups -OCH3 is 2. The van der Waals surface area contributed by atoms with E-state index in [0.717, 1.165) is 69.4 Å². The molecule has 4 heterocycles. The maximum absolute atomic E-state index is 10.7. The predicted octanol–water partition coefficient (Wildman–Crippen LogP) is 4.60. The maximum atomic E-state index is 10.7. The zero-order chi connectivity index (χ0) is 28.3. The third-order valence-electron chi connectivity index (χ3n) is 9.24. The number of likely N-dealkylation sites (N-methyl/N-ethyl adjacent to an activating group) is 1. The van der Waals surface area contributed by atoms with E-state index in [-0.39, 0.29) is 43.8 Å². The summed E-state index contributed by atoms with van der Waals surface area (Å²) in [6, 6.07) is 4.62. The number of hydrogen-bond donors (Lipinski definition) is 0. The zero-order valence-corrected chi connectivity index (χ0v) is 24.5. The van der Waals surface area contributed by atoms with Gasteiger partial charge in [0.1, 0.15) is 11.8 Å². The van der Waals surface area contributed by atoms with Gasteiger partial charge in [-0.05, 0) is 58.2 Å². The van der Waals surface area contributed by atoms with E-state index in [1.807, 2.05) is 20.8 Å². The molecular formula is C31H39N3O6. The van der Waals surface area contributed by atoms with Crippen LogP contribution in [0, 0.1) is 25.2 Å². The minimum absolute atomic E-state index is 0.00122. The number of hydrogen-bond acceptors (Lipinski definition) is 9. The molecule has 0 unspecified atom stereocenters. The summed E-state index contributed by atoms with van der Waals surface area (Å²) in [5.41, 5.74) is 6.59. The minimum Gasteiger partial charge on any atom is -0.493 e. The number of nitriles is 1. The lowest BCUT2D eigenvalue weighted by molar-refractivity contribution is -0.0745. The smallest absolute Gasteiger partial charge is 0.231 e. The van der Waals surface area contributed by atoms with Crippen molar-refractivity contribution in [2.24, 2.45) is 0 Å². The fraction of sp³-hybridized carbons (Fsp3) is 0.581. The molecule has 2 aromatic carbocycles. The molecular weight excluding hydrogens is 510 g/mol. The Balaban J connectivity index is 1.60. The zero-order valence-electron chi connectivity index (χ0n) is 24.5. The van der Waals surface area contributed by atoms with E-state index in [9.17, 15) is 5.26 Å². The highest BCUT2D eigenvalue weighted by Crippen LogP contribution is 2.59. The monoisotopic (exact) mass is 549 g/mol. The van der Waals surface area contributed by atoms with E-state index in [1.54, 1.807) is 14.2 Å². The fourth-order valence-electron chi connectivity index (χ4n) is 7.81. The quantitative estimate of drug-likeness (QED) is 0.460. The van der Waals surface area contributed by atoms with E-state index < -0.39 is 0 Å². The maximum Gasteiger partial charge on any atom is 0.231 e. The lowest BCUT2D eigenvalue weighted by Gasteiger charge is -2.60. The lowest BCUT2D eigenvalue weighted by atomic mass is 9.71. The van der Waals surface area contributed by atoms with Crippen LogP contribution in [0.1, 0.15) is 65.7 Å². The molecule has 0 amide bonds. The lowest BCUT2D eigenvalue weighted by Crippen LogP contribution is -2.68. The van der Waals surface area contributed by atoms with Crippen molar-refractivity contribution in [1.82, 2.24) is 9.80 Å². The van der Waals surface area contributed by atoms with Gasteiger partial charge in [-0.15, -0.1) is 0 Å². The van der Waals surface area contributed by atoms with Gasteiger partial charge >= 0.3 is 0 Å². The minimum atomic E-state index is -0.293. The van der Waals surface area contributed by atoms with Crippen LogP contribution in [0.15, 0.2) is 6.07 Å². The molecule has 4 aliphatic heterocycles. The number of fused-ring (bicyclic) bond motifs is 9. The Labute approximate surface area is 236 Å². The first-order chi connectivity index (χ1) is 19.4. The van der Waals surface area contributed by atoms with Crippen LogP contribution < -0.4 is 23.7 Å². The molecule has 9 nitrogen and oxygen atoms in total. The van der Waals surface area contributed by atoms with Gasteiger partial charge in [0.15, 0.2) is 29.8 Å². The molecule has 9 heteroatoms. The molecule has 2 bridgehead atoms. The van der Waals surface area contributed by atoms with E-state index >= 15 is 0 Å². The second kappa shape index (κ2) is 10.3. The van der Waals surface area contributed by atoms with Gasteiger partial charge in [0.05, 0.1) is 25.8 Å². The van der Waals surface area contributed by atoms with Gasteiger partial charge in [0.25, 0.3) is 0 Å². The van der Waals surface area contributed by atoms with Gasteiger partial charge in [0, 0.05) is 47.5 Å². The molecule has 214 valence electrons. The first-order valence-corrected chi connectivity index (χ1v) is 14.2. The Morgan fingerprint density at radius 2 is 1.77 bits per heavy atom. The second-order valence-corrected chi connectivity index (χ2v) is 11.1. The average Bonchev–Trinajstić information content (AvgIpc) is 3.44. The van der Waals surface area contributed by atoms with Crippen molar-refractivity contribution < 1.29 is 28.4 Å². The number of ether oxygens (including phenoxy) is 6. The van der Waals surface area contributed by atoms with Gasteiger partial charge in [-0.1, -0.05) is 13.0 Å². The highest BCUT2D eigenvalue weighted by atomic mass is 16.7. The standard InChI is InChI=1S/C31H39N3O6/c1-8-20-25-19(28(37-9-2)17(4)29-31(25)40-15-39-29)12-22-26-24-18(11-21(33(26)5)23(13-32)34(20)22)10-16(3)27(36-7)30(24)38-14-35-6/h10,20-23,26H,8-9,11-12,14-15H2,1-7H3/t20-,21-,22-,23-,26-/m0/s1. The van der Waals surface area contributed by atoms with Crippen molar-refractivity contribution in [2.45, 2.75) is 77.2 Å². The summed E-state index contributed by atoms with van der Waals surface area (Å²) in [6.45, 7) is 9.17. The number of rotatable bonds is 7. The van der Waals surface area contributed by atoms with Gasteiger partial charge in [0.2, 0.25) is 6.79 Å². The van der Waals surface area contributed by atoms with Crippen LogP contribution >= 0.6 is 0 Å². The van der Waals surface area contributed by atoms with E-state index in [2.05, 4.69) is 35.9 Å². The van der Waals surface area contributed by atoms with Gasteiger partial charge in [-0.25, -0.2) is 0 Å². The Kier molecular flexibility index (Phi) is 6.97. The molecule has 0 aliphatic carbocycles. The third-order valence-corrected chi connectivity index (χ3v) is 9.24. The van der Waals surface area contributed by atoms with Crippen molar-refractivity contribution >= 4 is 0 Å². The van der Waals surface area contributed by atoms with E-state index in [4.69, 9.17) is 28.4 Å². The third kappa shape index (κ3) is 3.69. The highest BCUT2D eigenvalue weighted by molar-refractivity contribution is 5.66. The molecule has 1 saturated heterocycles. The van der Waals surface area contributed by atoms with Crippen molar-refractivity contribution in [1.29, 1.82) is 5.26 Å². The van der Waals surface area contributed by atoms with E-state index in [1.165, 1.54) is 5.56 Å². The number of nitrogens with zero attached hydrogens (tertiary/aromatic N) is 3. The summed E-state index contributed by atoms with van der Waals surface area (Å²) in [6.07, 6.45) is 2.28. The number of piperazine rings is 1. The summed E-state index contributed by atoms with van der Waals surface area (Å²) in [5.74, 6) is 3.92. The first-order valence-electron chi connectivity index (χ1n) is 14.2. The molecule has 0 radical (unpaired) electrons. The van der Waals surface area contributed by atoms with Crippen LogP contribution in [-0.4, -0.2) is 69.4 Å². The van der Waals surface area contributed by atoms with Crippen LogP contribution in [0.25, 0.3) is 0 Å². The highest BCUT2D eigenvalue weighted by Gasteiger charge is 2.56. The molecule has 0 aromatic heterocycles. The molecule has 0 saturated carbocycles. The van der Waals surface area contributed by atoms with Crippen molar-refractivity contribution in [2.75, 3.05) is 41.5 Å². The van der Waals surface area contributed by atoms with E-state index in [0.29, 0.717) is 13.0 Å². The number of benzene rings is 2. The summed E-state index contributed by atoms with van der Waals surface area (Å²) in [4.78, 5) is 4.85. The molecule has 0 N–H and O–H groups in total. The van der Waals surface area contributed by atoms with Crippen molar-refractivity contribution in [3.8, 4) is 34.8 Å². The molecule has 1 fully saturated rings. The Hall–Kier alpha value is -3.19. The molecule has 40 heavy (non-hydrogen) atoms.